The number of nitrogens with zero attached hydrogens (tertiary/aromatic N) is 4. The average Bonchev–Trinajstić information content (AvgIpc) is 3.18. The van der Waals surface area contributed by atoms with E-state index < -0.39 is 17.7 Å². The van der Waals surface area contributed by atoms with E-state index in [1.807, 2.05) is 0 Å². The van der Waals surface area contributed by atoms with Gasteiger partial charge in [0.25, 0.3) is 0 Å². The Labute approximate surface area is 181 Å². The summed E-state index contributed by atoms with van der Waals surface area (Å²) >= 11 is 6.01. The fourth-order valence-corrected chi connectivity index (χ4v) is 3.93. The zero-order valence-electron chi connectivity index (χ0n) is 17.0. The molecule has 4 rings (SSSR count). The Morgan fingerprint density at radius 3 is 2.55 bits per heavy atom. The molecular formula is C21H19ClF4N4O. The molecule has 0 saturated carbocycles. The normalized spacial score (nSPS) is 15.2. The van der Waals surface area contributed by atoms with Gasteiger partial charge in [-0.05, 0) is 47.6 Å². The van der Waals surface area contributed by atoms with Crippen molar-refractivity contribution >= 4 is 11.6 Å². The first-order chi connectivity index (χ1) is 14.4. The molecule has 2 aromatic heterocycles. The fraction of sp³-hybridized carbons (Fsp3) is 0.381. The molecule has 1 aliphatic carbocycles. The van der Waals surface area contributed by atoms with Gasteiger partial charge in [0.2, 0.25) is 11.2 Å². The van der Waals surface area contributed by atoms with Crippen LogP contribution in [0, 0.1) is 11.2 Å². The molecule has 31 heavy (non-hydrogen) atoms. The Balaban J connectivity index is 1.56. The Bertz CT molecular complexity index is 1160. The third-order valence-electron chi connectivity index (χ3n) is 5.15. The third kappa shape index (κ3) is 4.37. The molecule has 0 aliphatic heterocycles. The molecule has 1 aromatic carbocycles. The van der Waals surface area contributed by atoms with Crippen molar-refractivity contribution in [1.29, 1.82) is 0 Å². The lowest BCUT2D eigenvalue weighted by atomic mass is 9.91. The summed E-state index contributed by atoms with van der Waals surface area (Å²) in [7, 11) is 1.38. The number of benzene rings is 1. The Morgan fingerprint density at radius 2 is 1.90 bits per heavy atom. The number of halogens is 5. The highest BCUT2D eigenvalue weighted by Crippen LogP contribution is 2.39. The number of fused-ring (bicyclic) bond motifs is 1. The van der Waals surface area contributed by atoms with Crippen LogP contribution < -0.4 is 4.74 Å². The lowest BCUT2D eigenvalue weighted by Gasteiger charge is -2.15. The first kappa shape index (κ1) is 21.5. The Kier molecular flexibility index (Phi) is 5.20. The SMILES string of the molecule is Cn1cc(C(F)(F)F)nc1-c1ccc(COc2nc(Cl)nc3c2CC(C)(C)C3)cc1F. The molecule has 0 bridgehead atoms. The monoisotopic (exact) mass is 454 g/mol. The van der Waals surface area contributed by atoms with Gasteiger partial charge in [-0.1, -0.05) is 19.9 Å². The molecule has 1 aliphatic rings. The Hall–Kier alpha value is -2.68. The molecule has 0 amide bonds. The van der Waals surface area contributed by atoms with Gasteiger partial charge in [0.05, 0.1) is 11.3 Å². The molecule has 0 N–H and O–H groups in total. The minimum atomic E-state index is -4.60. The van der Waals surface area contributed by atoms with Crippen molar-refractivity contribution in [2.45, 2.75) is 39.5 Å². The summed E-state index contributed by atoms with van der Waals surface area (Å²) in [5.74, 6) is -0.445. The maximum absolute atomic E-state index is 14.7. The first-order valence-corrected chi connectivity index (χ1v) is 9.88. The van der Waals surface area contributed by atoms with E-state index in [1.165, 1.54) is 19.2 Å². The summed E-state index contributed by atoms with van der Waals surface area (Å²) in [5, 5.41) is 0.0863. The van der Waals surface area contributed by atoms with E-state index in [1.54, 1.807) is 6.07 Å². The van der Waals surface area contributed by atoms with Crippen LogP contribution in [0.1, 0.15) is 36.4 Å². The van der Waals surface area contributed by atoms with Crippen LogP contribution in [-0.4, -0.2) is 19.5 Å². The average molecular weight is 455 g/mol. The zero-order chi connectivity index (χ0) is 22.6. The number of aromatic nitrogens is 4. The number of alkyl halides is 3. The summed E-state index contributed by atoms with van der Waals surface area (Å²) in [4.78, 5) is 12.0. The highest BCUT2D eigenvalue weighted by Gasteiger charge is 2.35. The molecular weight excluding hydrogens is 436 g/mol. The van der Waals surface area contributed by atoms with Crippen LogP contribution in [0.2, 0.25) is 5.28 Å². The topological polar surface area (TPSA) is 52.8 Å². The van der Waals surface area contributed by atoms with Crippen molar-refractivity contribution < 1.29 is 22.3 Å². The van der Waals surface area contributed by atoms with Crippen LogP contribution in [0.15, 0.2) is 24.4 Å². The highest BCUT2D eigenvalue weighted by molar-refractivity contribution is 6.28. The van der Waals surface area contributed by atoms with Gasteiger partial charge in [0, 0.05) is 18.8 Å². The molecule has 0 atom stereocenters. The van der Waals surface area contributed by atoms with E-state index in [2.05, 4.69) is 28.8 Å². The molecule has 0 spiro atoms. The Morgan fingerprint density at radius 1 is 1.16 bits per heavy atom. The molecule has 164 valence electrons. The van der Waals surface area contributed by atoms with Crippen LogP contribution >= 0.6 is 11.6 Å². The summed E-state index contributed by atoms with van der Waals surface area (Å²) in [5.41, 5.74) is 1.14. The van der Waals surface area contributed by atoms with E-state index in [4.69, 9.17) is 16.3 Å². The first-order valence-electron chi connectivity index (χ1n) is 9.50. The highest BCUT2D eigenvalue weighted by atomic mass is 35.5. The molecule has 0 saturated heterocycles. The predicted molar refractivity (Wildman–Crippen MR) is 106 cm³/mol. The number of ether oxygens (including phenoxy) is 1. The second-order valence-corrected chi connectivity index (χ2v) is 8.74. The van der Waals surface area contributed by atoms with Crippen LogP contribution in [-0.2, 0) is 32.7 Å². The van der Waals surface area contributed by atoms with E-state index in [0.717, 1.165) is 34.9 Å². The summed E-state index contributed by atoms with van der Waals surface area (Å²) in [6.07, 6.45) is -2.28. The van der Waals surface area contributed by atoms with Gasteiger partial charge < -0.3 is 9.30 Å². The van der Waals surface area contributed by atoms with E-state index in [9.17, 15) is 17.6 Å². The van der Waals surface area contributed by atoms with Crippen LogP contribution in [0.5, 0.6) is 5.88 Å². The number of imidazole rings is 1. The van der Waals surface area contributed by atoms with Gasteiger partial charge >= 0.3 is 6.18 Å². The quantitative estimate of drug-likeness (QED) is 0.391. The number of hydrogen-bond donors (Lipinski definition) is 0. The number of rotatable bonds is 4. The number of aryl methyl sites for hydroxylation is 1. The largest absolute Gasteiger partial charge is 0.472 e. The summed E-state index contributed by atoms with van der Waals surface area (Å²) in [6.45, 7) is 4.25. The molecule has 5 nitrogen and oxygen atoms in total. The van der Waals surface area contributed by atoms with E-state index in [-0.39, 0.29) is 28.7 Å². The molecule has 0 fully saturated rings. The van der Waals surface area contributed by atoms with Crippen molar-refractivity contribution in [3.05, 3.63) is 58.0 Å². The van der Waals surface area contributed by atoms with Crippen molar-refractivity contribution in [1.82, 2.24) is 19.5 Å². The standard InChI is InChI=1S/C21H19ClF4N4O/c1-20(2)7-13-15(8-20)27-19(22)29-18(13)31-10-11-4-5-12(14(23)6-11)17-28-16(9-30(17)3)21(24,25)26/h4-6,9H,7-8,10H2,1-3H3. The lowest BCUT2D eigenvalue weighted by Crippen LogP contribution is -2.10. The van der Waals surface area contributed by atoms with Gasteiger partial charge in [-0.2, -0.15) is 18.2 Å². The second-order valence-electron chi connectivity index (χ2n) is 8.40. The fourth-order valence-electron chi connectivity index (χ4n) is 3.75. The minimum absolute atomic E-state index is 0.0187. The maximum atomic E-state index is 14.7. The minimum Gasteiger partial charge on any atom is -0.472 e. The van der Waals surface area contributed by atoms with Crippen molar-refractivity contribution in [3.8, 4) is 17.3 Å². The van der Waals surface area contributed by atoms with Crippen molar-refractivity contribution in [2.75, 3.05) is 0 Å². The number of hydrogen-bond acceptors (Lipinski definition) is 4. The van der Waals surface area contributed by atoms with Crippen LogP contribution in [0.4, 0.5) is 17.6 Å². The van der Waals surface area contributed by atoms with E-state index >= 15 is 0 Å². The summed E-state index contributed by atoms with van der Waals surface area (Å²) in [6, 6.07) is 4.18. The molecule has 0 radical (unpaired) electrons. The van der Waals surface area contributed by atoms with Gasteiger partial charge in [-0.15, -0.1) is 0 Å². The predicted octanol–water partition coefficient (Wildman–Crippen LogP) is 5.39. The van der Waals surface area contributed by atoms with Crippen molar-refractivity contribution in [2.24, 2.45) is 12.5 Å². The molecule has 3 aromatic rings. The van der Waals surface area contributed by atoms with Gasteiger partial charge in [-0.3, -0.25) is 0 Å². The molecule has 0 unspecified atom stereocenters. The van der Waals surface area contributed by atoms with Gasteiger partial charge in [0.15, 0.2) is 5.69 Å². The second kappa shape index (κ2) is 7.47. The van der Waals surface area contributed by atoms with Crippen LogP contribution in [0.3, 0.4) is 0 Å². The maximum Gasteiger partial charge on any atom is 0.434 e. The third-order valence-corrected chi connectivity index (χ3v) is 5.31. The van der Waals surface area contributed by atoms with Crippen LogP contribution in [0.25, 0.3) is 11.4 Å². The zero-order valence-corrected chi connectivity index (χ0v) is 17.8. The van der Waals surface area contributed by atoms with E-state index in [0.29, 0.717) is 11.4 Å². The van der Waals surface area contributed by atoms with Crippen molar-refractivity contribution in [3.63, 3.8) is 0 Å². The molecule has 10 heteroatoms. The van der Waals surface area contributed by atoms with Gasteiger partial charge in [0.1, 0.15) is 18.2 Å². The smallest absolute Gasteiger partial charge is 0.434 e. The molecule has 2 heterocycles. The van der Waals surface area contributed by atoms with Gasteiger partial charge in [-0.25, -0.2) is 14.4 Å². The lowest BCUT2D eigenvalue weighted by molar-refractivity contribution is -0.140. The summed E-state index contributed by atoms with van der Waals surface area (Å²) < 4.78 is 60.3.